The number of anilines is 2. The molecule has 4 N–H and O–H groups in total. The number of rotatable bonds is 5. The molecule has 1 atom stereocenters. The summed E-state index contributed by atoms with van der Waals surface area (Å²) >= 11 is 8.05. The zero-order valence-corrected chi connectivity index (χ0v) is 21.8. The Balaban J connectivity index is 1.23. The van der Waals surface area contributed by atoms with Crippen molar-refractivity contribution < 1.29 is 4.42 Å². The molecule has 1 spiro atoms. The minimum absolute atomic E-state index is 0.0662. The fraction of sp³-hybridized carbons (Fsp3) is 0.250. The number of nitrogen functional groups attached to an aromatic ring is 1. The zero-order chi connectivity index (χ0) is 25.6. The molecule has 4 aromatic rings. The van der Waals surface area contributed by atoms with E-state index in [2.05, 4.69) is 40.7 Å². The summed E-state index contributed by atoms with van der Waals surface area (Å²) in [5, 5.41) is 1.10. The van der Waals surface area contributed by atoms with Gasteiger partial charge in [0.2, 0.25) is 5.89 Å². The monoisotopic (exact) mass is 530 g/mol. The molecule has 0 bridgehead atoms. The number of nitrogens with two attached hydrogens (primary N) is 2. The van der Waals surface area contributed by atoms with Gasteiger partial charge < -0.3 is 20.8 Å². The SMILES string of the molecule is C=Cc1nc(Sc2cccc(-c3ncco3)c2Cl)c(N)nc1N1CCC2(CC1)Cc1ccccc1[C@H]2N. The first-order valence-corrected chi connectivity index (χ1v) is 13.4. The Hall–Kier alpha value is -3.33. The minimum atomic E-state index is 0.0662. The van der Waals surface area contributed by atoms with Gasteiger partial charge in [0, 0.05) is 24.0 Å². The molecule has 1 aliphatic carbocycles. The summed E-state index contributed by atoms with van der Waals surface area (Å²) in [6.45, 7) is 5.67. The highest BCUT2D eigenvalue weighted by atomic mass is 35.5. The highest BCUT2D eigenvalue weighted by Gasteiger charge is 2.46. The molecule has 6 rings (SSSR count). The number of hydrogen-bond acceptors (Lipinski definition) is 8. The molecule has 2 aromatic carbocycles. The summed E-state index contributed by atoms with van der Waals surface area (Å²) in [5.74, 6) is 1.57. The van der Waals surface area contributed by atoms with Gasteiger partial charge >= 0.3 is 0 Å². The minimum Gasteiger partial charge on any atom is -0.444 e. The molecule has 1 fully saturated rings. The molecule has 2 aliphatic rings. The number of fused-ring (bicyclic) bond motifs is 1. The van der Waals surface area contributed by atoms with Crippen LogP contribution in [0.1, 0.15) is 35.7 Å². The molecule has 0 radical (unpaired) electrons. The molecule has 7 nitrogen and oxygen atoms in total. The van der Waals surface area contributed by atoms with Crippen molar-refractivity contribution in [1.82, 2.24) is 15.0 Å². The third-order valence-electron chi connectivity index (χ3n) is 7.57. The second-order valence-electron chi connectivity index (χ2n) is 9.59. The standard InChI is InChI=1S/C28H27ClN6OS/c1-2-20-25(35-13-10-28(11-14-35)16-17-6-3-4-7-18(17)23(28)30)34-24(31)27(33-20)37-21-9-5-8-19(22(21)29)26-32-12-15-36-26/h2-9,12,15,23H,1,10-11,13-14,16,30H2,(H2,31,34)/t23-/m1/s1. The number of halogens is 1. The quantitative estimate of drug-likeness (QED) is 0.323. The van der Waals surface area contributed by atoms with Crippen molar-refractivity contribution in [2.24, 2.45) is 11.1 Å². The number of piperidine rings is 1. The van der Waals surface area contributed by atoms with Crippen LogP contribution in [-0.4, -0.2) is 28.0 Å². The summed E-state index contributed by atoms with van der Waals surface area (Å²) in [5.41, 5.74) is 17.4. The number of aromatic nitrogens is 3. The maximum atomic E-state index is 6.76. The lowest BCUT2D eigenvalue weighted by Crippen LogP contribution is -2.45. The summed E-state index contributed by atoms with van der Waals surface area (Å²) in [7, 11) is 0. The molecule has 188 valence electrons. The van der Waals surface area contributed by atoms with E-state index in [9.17, 15) is 0 Å². The van der Waals surface area contributed by atoms with E-state index in [4.69, 9.17) is 37.5 Å². The predicted octanol–water partition coefficient (Wildman–Crippen LogP) is 6.00. The van der Waals surface area contributed by atoms with E-state index in [-0.39, 0.29) is 11.5 Å². The molecule has 1 aliphatic heterocycles. The van der Waals surface area contributed by atoms with Gasteiger partial charge in [-0.3, -0.25) is 0 Å². The van der Waals surface area contributed by atoms with E-state index in [1.54, 1.807) is 12.3 Å². The molecule has 3 heterocycles. The lowest BCUT2D eigenvalue weighted by molar-refractivity contribution is 0.187. The Morgan fingerprint density at radius 3 is 2.68 bits per heavy atom. The van der Waals surface area contributed by atoms with Crippen LogP contribution in [0, 0.1) is 5.41 Å². The van der Waals surface area contributed by atoms with Crippen LogP contribution in [0.25, 0.3) is 17.5 Å². The molecule has 0 saturated carbocycles. The van der Waals surface area contributed by atoms with E-state index in [0.29, 0.717) is 33.0 Å². The summed E-state index contributed by atoms with van der Waals surface area (Å²) < 4.78 is 5.42. The first-order chi connectivity index (χ1) is 18.0. The van der Waals surface area contributed by atoms with Gasteiger partial charge in [0.15, 0.2) is 11.6 Å². The predicted molar refractivity (Wildman–Crippen MR) is 149 cm³/mol. The summed E-state index contributed by atoms with van der Waals surface area (Å²) in [4.78, 5) is 16.9. The largest absolute Gasteiger partial charge is 0.444 e. The van der Waals surface area contributed by atoms with Crippen LogP contribution in [-0.2, 0) is 6.42 Å². The topological polar surface area (TPSA) is 107 Å². The Bertz CT molecular complexity index is 1470. The molecule has 2 aromatic heterocycles. The van der Waals surface area contributed by atoms with E-state index in [1.165, 1.54) is 29.2 Å². The van der Waals surface area contributed by atoms with Crippen molar-refractivity contribution in [2.75, 3.05) is 23.7 Å². The number of benzene rings is 2. The average Bonchev–Trinajstić information content (AvgIpc) is 3.54. The number of hydrogen-bond donors (Lipinski definition) is 2. The molecule has 0 unspecified atom stereocenters. The van der Waals surface area contributed by atoms with Crippen molar-refractivity contribution in [1.29, 1.82) is 0 Å². The molecular weight excluding hydrogens is 504 g/mol. The maximum Gasteiger partial charge on any atom is 0.227 e. The Morgan fingerprint density at radius 2 is 1.95 bits per heavy atom. The number of nitrogens with zero attached hydrogens (tertiary/aromatic N) is 4. The van der Waals surface area contributed by atoms with Gasteiger partial charge in [-0.25, -0.2) is 15.0 Å². The second kappa shape index (κ2) is 9.52. The van der Waals surface area contributed by atoms with E-state index >= 15 is 0 Å². The van der Waals surface area contributed by atoms with Gasteiger partial charge in [-0.1, -0.05) is 60.3 Å². The lowest BCUT2D eigenvalue weighted by atomic mass is 9.73. The Labute approximate surface area is 225 Å². The highest BCUT2D eigenvalue weighted by Crippen LogP contribution is 2.51. The summed E-state index contributed by atoms with van der Waals surface area (Å²) in [6.07, 6.45) is 7.85. The van der Waals surface area contributed by atoms with Crippen LogP contribution >= 0.6 is 23.4 Å². The van der Waals surface area contributed by atoms with Crippen LogP contribution in [0.2, 0.25) is 5.02 Å². The smallest absolute Gasteiger partial charge is 0.227 e. The highest BCUT2D eigenvalue weighted by molar-refractivity contribution is 7.99. The first kappa shape index (κ1) is 24.0. The lowest BCUT2D eigenvalue weighted by Gasteiger charge is -2.42. The van der Waals surface area contributed by atoms with E-state index in [1.807, 2.05) is 18.2 Å². The zero-order valence-electron chi connectivity index (χ0n) is 20.2. The van der Waals surface area contributed by atoms with Gasteiger partial charge in [-0.15, -0.1) is 0 Å². The van der Waals surface area contributed by atoms with Crippen molar-refractivity contribution >= 4 is 41.1 Å². The molecule has 0 amide bonds. The molecule has 37 heavy (non-hydrogen) atoms. The maximum absolute atomic E-state index is 6.76. The van der Waals surface area contributed by atoms with Crippen LogP contribution in [0.5, 0.6) is 0 Å². The van der Waals surface area contributed by atoms with Crippen molar-refractivity contribution in [2.45, 2.75) is 35.2 Å². The van der Waals surface area contributed by atoms with Crippen LogP contribution in [0.4, 0.5) is 11.6 Å². The molecular formula is C28H27ClN6OS. The van der Waals surface area contributed by atoms with E-state index < -0.39 is 0 Å². The Morgan fingerprint density at radius 1 is 1.14 bits per heavy atom. The second-order valence-corrected chi connectivity index (χ2v) is 11.0. The number of oxazole rings is 1. The fourth-order valence-electron chi connectivity index (χ4n) is 5.57. The third kappa shape index (κ3) is 4.19. The van der Waals surface area contributed by atoms with Gasteiger partial charge in [0.1, 0.15) is 17.0 Å². The Kier molecular flexibility index (Phi) is 6.18. The van der Waals surface area contributed by atoms with E-state index in [0.717, 1.165) is 43.1 Å². The summed E-state index contributed by atoms with van der Waals surface area (Å²) in [6, 6.07) is 14.3. The first-order valence-electron chi connectivity index (χ1n) is 12.2. The molecule has 9 heteroatoms. The van der Waals surface area contributed by atoms with Crippen LogP contribution < -0.4 is 16.4 Å². The van der Waals surface area contributed by atoms with Crippen LogP contribution in [0.15, 0.2) is 75.8 Å². The van der Waals surface area contributed by atoms with Crippen molar-refractivity contribution in [3.05, 3.63) is 83.3 Å². The van der Waals surface area contributed by atoms with Crippen molar-refractivity contribution in [3.63, 3.8) is 0 Å². The average molecular weight is 531 g/mol. The van der Waals surface area contributed by atoms with Gasteiger partial charge in [0.25, 0.3) is 0 Å². The normalized spacial score (nSPS) is 18.2. The fourth-order valence-corrected chi connectivity index (χ4v) is 6.74. The van der Waals surface area contributed by atoms with Crippen molar-refractivity contribution in [3.8, 4) is 11.5 Å². The third-order valence-corrected chi connectivity index (χ3v) is 9.15. The van der Waals surface area contributed by atoms with Gasteiger partial charge in [-0.05, 0) is 54.0 Å². The van der Waals surface area contributed by atoms with Gasteiger partial charge in [0.05, 0.1) is 16.8 Å². The van der Waals surface area contributed by atoms with Gasteiger partial charge in [-0.2, -0.15) is 0 Å². The molecule has 1 saturated heterocycles. The van der Waals surface area contributed by atoms with Crippen LogP contribution in [0.3, 0.4) is 0 Å².